The van der Waals surface area contributed by atoms with Crippen LogP contribution < -0.4 is 5.32 Å². The highest BCUT2D eigenvalue weighted by atomic mass is 19.3. The van der Waals surface area contributed by atoms with Gasteiger partial charge in [0, 0.05) is 26.2 Å². The van der Waals surface area contributed by atoms with Crippen LogP contribution in [-0.2, 0) is 0 Å². The Kier molecular flexibility index (Phi) is 5.23. The molecule has 2 aromatic carbocycles. The van der Waals surface area contributed by atoms with Crippen molar-refractivity contribution in [1.29, 1.82) is 0 Å². The van der Waals surface area contributed by atoms with Crippen LogP contribution in [0.3, 0.4) is 0 Å². The van der Waals surface area contributed by atoms with Crippen LogP contribution in [0.15, 0.2) is 54.6 Å². The minimum absolute atomic E-state index is 0.538. The van der Waals surface area contributed by atoms with Gasteiger partial charge in [0.05, 0.1) is 0 Å². The maximum absolute atomic E-state index is 14.5. The molecule has 1 aliphatic heterocycles. The molecular formula is C19H22F2N2O. The molecule has 0 aliphatic carbocycles. The van der Waals surface area contributed by atoms with Gasteiger partial charge < -0.3 is 10.4 Å². The Hall–Kier alpha value is -1.82. The van der Waals surface area contributed by atoms with Crippen LogP contribution in [-0.4, -0.2) is 48.7 Å². The first kappa shape index (κ1) is 17.0. The zero-order chi connectivity index (χ0) is 17.0. The van der Waals surface area contributed by atoms with E-state index in [1.54, 1.807) is 17.0 Å². The van der Waals surface area contributed by atoms with Crippen LogP contribution in [0.4, 0.5) is 8.78 Å². The lowest BCUT2D eigenvalue weighted by Gasteiger charge is -2.38. The van der Waals surface area contributed by atoms with Gasteiger partial charge in [0.1, 0.15) is 12.6 Å². The lowest BCUT2D eigenvalue weighted by atomic mass is 9.94. The summed E-state index contributed by atoms with van der Waals surface area (Å²) in [4.78, 5) is 1.76. The van der Waals surface area contributed by atoms with Crippen LogP contribution >= 0.6 is 0 Å². The topological polar surface area (TPSA) is 35.5 Å². The van der Waals surface area contributed by atoms with Gasteiger partial charge in [-0.2, -0.15) is 0 Å². The average molecular weight is 332 g/mol. The van der Waals surface area contributed by atoms with Crippen LogP contribution in [0.25, 0.3) is 11.1 Å². The van der Waals surface area contributed by atoms with E-state index < -0.39 is 18.6 Å². The smallest absolute Gasteiger partial charge is 0.289 e. The van der Waals surface area contributed by atoms with Crippen LogP contribution in [0.5, 0.6) is 0 Å². The summed E-state index contributed by atoms with van der Waals surface area (Å²) < 4.78 is 29.0. The number of benzene rings is 2. The monoisotopic (exact) mass is 332 g/mol. The fraction of sp³-hybridized carbons (Fsp3) is 0.368. The molecule has 1 heterocycles. The van der Waals surface area contributed by atoms with E-state index in [1.807, 2.05) is 42.5 Å². The van der Waals surface area contributed by atoms with Crippen LogP contribution in [0.1, 0.15) is 11.6 Å². The van der Waals surface area contributed by atoms with E-state index in [9.17, 15) is 13.9 Å². The molecule has 0 bridgehead atoms. The van der Waals surface area contributed by atoms with E-state index in [0.29, 0.717) is 31.7 Å². The SMILES string of the molecule is OCC(F)(F)[C@@H](c1cccc(-c2ccccc2)c1)N1CCNCC1. The number of aliphatic hydroxyl groups excluding tert-OH is 1. The molecule has 0 amide bonds. The third-order valence-corrected chi connectivity index (χ3v) is 4.44. The van der Waals surface area contributed by atoms with Gasteiger partial charge in [0.2, 0.25) is 0 Å². The highest BCUT2D eigenvalue weighted by molar-refractivity contribution is 5.64. The molecule has 128 valence electrons. The highest BCUT2D eigenvalue weighted by Gasteiger charge is 2.44. The summed E-state index contributed by atoms with van der Waals surface area (Å²) in [6.45, 7) is 1.27. The minimum atomic E-state index is -3.19. The number of rotatable bonds is 5. The van der Waals surface area contributed by atoms with E-state index in [-0.39, 0.29) is 0 Å². The van der Waals surface area contributed by atoms with E-state index in [4.69, 9.17) is 0 Å². The molecule has 0 radical (unpaired) electrons. The van der Waals surface area contributed by atoms with E-state index in [1.165, 1.54) is 0 Å². The standard InChI is InChI=1S/C19H22F2N2O/c20-19(21,14-24)18(23-11-9-22-10-12-23)17-8-4-7-16(13-17)15-5-2-1-3-6-15/h1-8,13,18,22,24H,9-12,14H2/t18-/m1/s1. The summed E-state index contributed by atoms with van der Waals surface area (Å²) in [6, 6.07) is 15.9. The van der Waals surface area contributed by atoms with Gasteiger partial charge in [-0.3, -0.25) is 4.90 Å². The summed E-state index contributed by atoms with van der Waals surface area (Å²) >= 11 is 0. The Morgan fingerprint density at radius 1 is 1.00 bits per heavy atom. The van der Waals surface area contributed by atoms with Gasteiger partial charge in [0.15, 0.2) is 0 Å². The Balaban J connectivity index is 1.98. The zero-order valence-corrected chi connectivity index (χ0v) is 13.5. The quantitative estimate of drug-likeness (QED) is 0.884. The van der Waals surface area contributed by atoms with Crippen molar-refractivity contribution in [1.82, 2.24) is 10.2 Å². The van der Waals surface area contributed by atoms with Crippen molar-refractivity contribution in [2.45, 2.75) is 12.0 Å². The lowest BCUT2D eigenvalue weighted by molar-refractivity contribution is -0.118. The second-order valence-corrected chi connectivity index (χ2v) is 6.10. The van der Waals surface area contributed by atoms with E-state index in [0.717, 1.165) is 11.1 Å². The number of alkyl halides is 2. The Morgan fingerprint density at radius 2 is 1.67 bits per heavy atom. The molecule has 3 nitrogen and oxygen atoms in total. The van der Waals surface area contributed by atoms with Gasteiger partial charge in [-0.25, -0.2) is 8.78 Å². The third kappa shape index (κ3) is 3.64. The van der Waals surface area contributed by atoms with Gasteiger partial charge in [-0.05, 0) is 22.8 Å². The molecule has 0 saturated carbocycles. The second kappa shape index (κ2) is 7.38. The maximum Gasteiger partial charge on any atom is 0.289 e. The third-order valence-electron chi connectivity index (χ3n) is 4.44. The molecule has 2 aromatic rings. The minimum Gasteiger partial charge on any atom is -0.390 e. The number of nitrogens with one attached hydrogen (secondary N) is 1. The van der Waals surface area contributed by atoms with Gasteiger partial charge >= 0.3 is 0 Å². The molecule has 0 aromatic heterocycles. The molecule has 0 spiro atoms. The Labute approximate surface area is 140 Å². The maximum atomic E-state index is 14.5. The first-order valence-corrected chi connectivity index (χ1v) is 8.20. The summed E-state index contributed by atoms with van der Waals surface area (Å²) in [5, 5.41) is 12.4. The molecule has 1 aliphatic rings. The van der Waals surface area contributed by atoms with Crippen molar-refractivity contribution in [3.8, 4) is 11.1 Å². The molecule has 3 rings (SSSR count). The van der Waals surface area contributed by atoms with Crippen LogP contribution in [0.2, 0.25) is 0 Å². The number of halogens is 2. The summed E-state index contributed by atoms with van der Waals surface area (Å²) in [7, 11) is 0. The number of hydrogen-bond acceptors (Lipinski definition) is 3. The predicted molar refractivity (Wildman–Crippen MR) is 91.1 cm³/mol. The Bertz CT molecular complexity index is 657. The van der Waals surface area contributed by atoms with E-state index in [2.05, 4.69) is 5.32 Å². The summed E-state index contributed by atoms with van der Waals surface area (Å²) in [5.41, 5.74) is 2.44. The zero-order valence-electron chi connectivity index (χ0n) is 13.5. The molecule has 24 heavy (non-hydrogen) atoms. The molecule has 1 saturated heterocycles. The first-order chi connectivity index (χ1) is 11.6. The Morgan fingerprint density at radius 3 is 2.33 bits per heavy atom. The average Bonchev–Trinajstić information content (AvgIpc) is 2.64. The molecule has 1 atom stereocenters. The fourth-order valence-electron chi connectivity index (χ4n) is 3.27. The van der Waals surface area contributed by atoms with Crippen molar-refractivity contribution in [3.05, 3.63) is 60.2 Å². The number of aliphatic hydroxyl groups is 1. The normalized spacial score (nSPS) is 17.6. The first-order valence-electron chi connectivity index (χ1n) is 8.20. The van der Waals surface area contributed by atoms with E-state index >= 15 is 0 Å². The number of piperazine rings is 1. The lowest BCUT2D eigenvalue weighted by Crippen LogP contribution is -2.51. The van der Waals surface area contributed by atoms with Crippen molar-refractivity contribution in [2.24, 2.45) is 0 Å². The van der Waals surface area contributed by atoms with Gasteiger partial charge in [-0.1, -0.05) is 48.5 Å². The largest absolute Gasteiger partial charge is 0.390 e. The number of nitrogens with zero attached hydrogens (tertiary/aromatic N) is 1. The van der Waals surface area contributed by atoms with Crippen molar-refractivity contribution in [3.63, 3.8) is 0 Å². The molecule has 2 N–H and O–H groups in total. The van der Waals surface area contributed by atoms with Crippen molar-refractivity contribution >= 4 is 0 Å². The molecule has 5 heteroatoms. The fourth-order valence-corrected chi connectivity index (χ4v) is 3.27. The van der Waals surface area contributed by atoms with Gasteiger partial charge in [0.25, 0.3) is 5.92 Å². The van der Waals surface area contributed by atoms with Crippen molar-refractivity contribution < 1.29 is 13.9 Å². The number of hydrogen-bond donors (Lipinski definition) is 2. The van der Waals surface area contributed by atoms with Crippen LogP contribution in [0, 0.1) is 0 Å². The second-order valence-electron chi connectivity index (χ2n) is 6.10. The molecular weight excluding hydrogens is 310 g/mol. The van der Waals surface area contributed by atoms with Crippen molar-refractivity contribution in [2.75, 3.05) is 32.8 Å². The van der Waals surface area contributed by atoms with Gasteiger partial charge in [-0.15, -0.1) is 0 Å². The highest BCUT2D eigenvalue weighted by Crippen LogP contribution is 2.37. The summed E-state index contributed by atoms with van der Waals surface area (Å²) in [5.74, 6) is -3.19. The summed E-state index contributed by atoms with van der Waals surface area (Å²) in [6.07, 6.45) is 0. The molecule has 1 fully saturated rings. The molecule has 0 unspecified atom stereocenters. The predicted octanol–water partition coefficient (Wildman–Crippen LogP) is 2.93.